The number of nitrogen functional groups attached to an aromatic ring is 1. The highest BCUT2D eigenvalue weighted by molar-refractivity contribution is 6.27. The van der Waals surface area contributed by atoms with Crippen LogP contribution in [0, 0.1) is 0 Å². The fourth-order valence-corrected chi connectivity index (χ4v) is 1.49. The number of benzene rings is 1. The van der Waals surface area contributed by atoms with Crippen LogP contribution in [0.1, 0.15) is 11.1 Å². The largest absolute Gasteiger partial charge is 0.398 e. The summed E-state index contributed by atoms with van der Waals surface area (Å²) in [6, 6.07) is 5.44. The Kier molecular flexibility index (Phi) is 4.23. The predicted molar refractivity (Wildman–Crippen MR) is 59.8 cm³/mol. The molecular weight excluding hydrogens is 221 g/mol. The highest BCUT2D eigenvalue weighted by atomic mass is 35.5. The molecule has 76 valence electrons. The number of Topliss-reactive ketones (excluding diaryl/α,β-unsaturated/α-hetero) is 1. The Hall–Kier alpha value is -0.730. The highest BCUT2D eigenvalue weighted by Gasteiger charge is 2.04. The van der Waals surface area contributed by atoms with E-state index in [9.17, 15) is 4.79 Å². The zero-order valence-electron chi connectivity index (χ0n) is 7.59. The summed E-state index contributed by atoms with van der Waals surface area (Å²) in [5.41, 5.74) is 8.11. The maximum atomic E-state index is 11.0. The molecule has 0 saturated heterocycles. The van der Waals surface area contributed by atoms with Crippen molar-refractivity contribution in [2.45, 2.75) is 12.3 Å². The first-order valence-corrected chi connectivity index (χ1v) is 5.25. The Morgan fingerprint density at radius 3 is 2.57 bits per heavy atom. The molecule has 0 saturated carbocycles. The van der Waals surface area contributed by atoms with Gasteiger partial charge >= 0.3 is 0 Å². The molecule has 0 aliphatic heterocycles. The normalized spacial score (nSPS) is 10.1. The van der Waals surface area contributed by atoms with E-state index in [2.05, 4.69) is 0 Å². The minimum atomic E-state index is -0.00955. The molecule has 0 amide bonds. The van der Waals surface area contributed by atoms with Crippen molar-refractivity contribution in [3.05, 3.63) is 29.3 Å². The minimum absolute atomic E-state index is 0.00955. The van der Waals surface area contributed by atoms with E-state index in [4.69, 9.17) is 28.9 Å². The van der Waals surface area contributed by atoms with E-state index in [1.807, 2.05) is 12.1 Å². The molecule has 0 spiro atoms. The van der Waals surface area contributed by atoms with Crippen LogP contribution >= 0.6 is 23.2 Å². The van der Waals surface area contributed by atoms with E-state index in [1.165, 1.54) is 0 Å². The summed E-state index contributed by atoms with van der Waals surface area (Å²) in [6.07, 6.45) is 0.330. The number of nitrogens with two attached hydrogens (primary N) is 1. The van der Waals surface area contributed by atoms with Crippen molar-refractivity contribution in [3.8, 4) is 0 Å². The summed E-state index contributed by atoms with van der Waals surface area (Å²) in [5, 5.41) is 0. The first kappa shape index (κ1) is 11.3. The molecule has 2 N–H and O–H groups in total. The van der Waals surface area contributed by atoms with Crippen LogP contribution in [0.4, 0.5) is 5.69 Å². The van der Waals surface area contributed by atoms with Gasteiger partial charge in [0.25, 0.3) is 0 Å². The van der Waals surface area contributed by atoms with Crippen LogP contribution in [0.25, 0.3) is 0 Å². The topological polar surface area (TPSA) is 43.1 Å². The van der Waals surface area contributed by atoms with Crippen LogP contribution in [0.2, 0.25) is 0 Å². The molecule has 0 bridgehead atoms. The van der Waals surface area contributed by atoms with E-state index in [0.29, 0.717) is 18.0 Å². The van der Waals surface area contributed by atoms with Crippen LogP contribution in [-0.2, 0) is 17.1 Å². The van der Waals surface area contributed by atoms with Crippen molar-refractivity contribution in [2.24, 2.45) is 0 Å². The quantitative estimate of drug-likeness (QED) is 0.639. The fourth-order valence-electron chi connectivity index (χ4n) is 1.15. The van der Waals surface area contributed by atoms with Crippen LogP contribution in [0.15, 0.2) is 18.2 Å². The Balaban J connectivity index is 2.81. The lowest BCUT2D eigenvalue weighted by Gasteiger charge is -2.04. The number of hydrogen-bond acceptors (Lipinski definition) is 2. The first-order valence-electron chi connectivity index (χ1n) is 4.18. The third-order valence-electron chi connectivity index (χ3n) is 1.90. The van der Waals surface area contributed by atoms with Crippen LogP contribution in [-0.4, -0.2) is 11.7 Å². The van der Waals surface area contributed by atoms with Gasteiger partial charge in [-0.05, 0) is 17.2 Å². The molecule has 14 heavy (non-hydrogen) atoms. The zero-order chi connectivity index (χ0) is 10.6. The molecule has 0 radical (unpaired) electrons. The highest BCUT2D eigenvalue weighted by Crippen LogP contribution is 2.16. The Morgan fingerprint density at radius 1 is 1.36 bits per heavy atom. The lowest BCUT2D eigenvalue weighted by Crippen LogP contribution is -2.04. The monoisotopic (exact) mass is 231 g/mol. The Bertz CT molecular complexity index is 339. The van der Waals surface area contributed by atoms with Crippen LogP contribution in [0.5, 0.6) is 0 Å². The molecular formula is C10H11Cl2NO. The van der Waals surface area contributed by atoms with Gasteiger partial charge in [-0.15, -0.1) is 23.2 Å². The van der Waals surface area contributed by atoms with E-state index in [0.717, 1.165) is 11.1 Å². The van der Waals surface area contributed by atoms with Gasteiger partial charge in [0.15, 0.2) is 5.78 Å². The van der Waals surface area contributed by atoms with E-state index >= 15 is 0 Å². The minimum Gasteiger partial charge on any atom is -0.398 e. The van der Waals surface area contributed by atoms with Gasteiger partial charge in [-0.25, -0.2) is 0 Å². The number of anilines is 1. The number of rotatable bonds is 4. The van der Waals surface area contributed by atoms with E-state index < -0.39 is 0 Å². The average molecular weight is 232 g/mol. The number of hydrogen-bond donors (Lipinski definition) is 1. The van der Waals surface area contributed by atoms with Crippen molar-refractivity contribution >= 4 is 34.7 Å². The van der Waals surface area contributed by atoms with Gasteiger partial charge in [-0.2, -0.15) is 0 Å². The predicted octanol–water partition coefficient (Wildman–Crippen LogP) is 2.36. The number of carbonyl (C=O) groups excluding carboxylic acids is 1. The van der Waals surface area contributed by atoms with Gasteiger partial charge in [0.1, 0.15) is 0 Å². The van der Waals surface area contributed by atoms with Gasteiger partial charge in [0.2, 0.25) is 0 Å². The summed E-state index contributed by atoms with van der Waals surface area (Å²) in [5.74, 6) is 0.414. The van der Waals surface area contributed by atoms with E-state index in [1.54, 1.807) is 6.07 Å². The second-order valence-electron chi connectivity index (χ2n) is 3.02. The third-order valence-corrected chi connectivity index (χ3v) is 2.49. The van der Waals surface area contributed by atoms with Gasteiger partial charge in [-0.3, -0.25) is 4.79 Å². The van der Waals surface area contributed by atoms with Crippen molar-refractivity contribution in [3.63, 3.8) is 0 Å². The second-order valence-corrected chi connectivity index (χ2v) is 3.55. The zero-order valence-corrected chi connectivity index (χ0v) is 9.11. The molecule has 0 aliphatic carbocycles. The van der Waals surface area contributed by atoms with Crippen molar-refractivity contribution in [1.29, 1.82) is 0 Å². The summed E-state index contributed by atoms with van der Waals surface area (Å²) in [7, 11) is 0. The fraction of sp³-hybridized carbons (Fsp3) is 0.300. The SMILES string of the molecule is Nc1cc(CC(=O)CCl)ccc1CCl. The van der Waals surface area contributed by atoms with Gasteiger partial charge < -0.3 is 5.73 Å². The number of carbonyl (C=O) groups is 1. The molecule has 0 atom stereocenters. The number of ketones is 1. The lowest BCUT2D eigenvalue weighted by atomic mass is 10.1. The summed E-state index contributed by atoms with van der Waals surface area (Å²) < 4.78 is 0. The van der Waals surface area contributed by atoms with Crippen LogP contribution < -0.4 is 5.73 Å². The van der Waals surface area contributed by atoms with Gasteiger partial charge in [0, 0.05) is 18.0 Å². The first-order chi connectivity index (χ1) is 6.67. The smallest absolute Gasteiger partial charge is 0.151 e. The molecule has 2 nitrogen and oxygen atoms in total. The summed E-state index contributed by atoms with van der Waals surface area (Å²) in [6.45, 7) is 0. The summed E-state index contributed by atoms with van der Waals surface area (Å²) in [4.78, 5) is 11.0. The third kappa shape index (κ3) is 2.89. The molecule has 4 heteroatoms. The second kappa shape index (κ2) is 5.23. The molecule has 0 aromatic heterocycles. The molecule has 0 unspecified atom stereocenters. The standard InChI is InChI=1S/C10H11Cl2NO/c11-5-8-2-1-7(4-10(8)13)3-9(14)6-12/h1-2,4H,3,5-6,13H2. The Labute approximate surface area is 93.0 Å². The molecule has 0 aliphatic rings. The van der Waals surface area contributed by atoms with Crippen molar-refractivity contribution in [1.82, 2.24) is 0 Å². The lowest BCUT2D eigenvalue weighted by molar-refractivity contribution is -0.116. The summed E-state index contributed by atoms with van der Waals surface area (Å²) >= 11 is 11.0. The average Bonchev–Trinajstić information content (AvgIpc) is 2.18. The maximum Gasteiger partial charge on any atom is 0.151 e. The van der Waals surface area contributed by atoms with Gasteiger partial charge in [0.05, 0.1) is 5.88 Å². The van der Waals surface area contributed by atoms with Crippen molar-refractivity contribution < 1.29 is 4.79 Å². The molecule has 1 aromatic carbocycles. The molecule has 0 heterocycles. The van der Waals surface area contributed by atoms with E-state index in [-0.39, 0.29) is 11.7 Å². The molecule has 1 rings (SSSR count). The maximum absolute atomic E-state index is 11.0. The van der Waals surface area contributed by atoms with Crippen molar-refractivity contribution in [2.75, 3.05) is 11.6 Å². The number of halogens is 2. The number of alkyl halides is 2. The Morgan fingerprint density at radius 2 is 2.07 bits per heavy atom. The van der Waals surface area contributed by atoms with Gasteiger partial charge in [-0.1, -0.05) is 12.1 Å². The molecule has 0 fully saturated rings. The molecule has 1 aromatic rings. The van der Waals surface area contributed by atoms with Crippen LogP contribution in [0.3, 0.4) is 0 Å².